The van der Waals surface area contributed by atoms with Crippen LogP contribution in [-0.2, 0) is 0 Å². The summed E-state index contributed by atoms with van der Waals surface area (Å²) in [4.78, 5) is 20.2. The molecular formula is C42H27N5. The number of benzene rings is 5. The van der Waals surface area contributed by atoms with Crippen LogP contribution in [-0.4, -0.2) is 24.3 Å². The molecule has 4 aromatic heterocycles. The van der Waals surface area contributed by atoms with E-state index in [1.165, 1.54) is 0 Å². The van der Waals surface area contributed by atoms with E-state index in [1.807, 2.05) is 66.7 Å². The molecule has 0 aliphatic carbocycles. The van der Waals surface area contributed by atoms with Crippen LogP contribution in [0.15, 0.2) is 164 Å². The summed E-state index contributed by atoms with van der Waals surface area (Å²) < 4.78 is 2.14. The minimum absolute atomic E-state index is 0.695. The Labute approximate surface area is 271 Å². The standard InChI is InChI=1S/C42H27N5/c1-3-12-29(13-4-1)36-27-37(30-14-5-2-6-15-30)45-42(44-36)31-23-21-28(22-24-31)32-16-11-17-33(26-32)39-41-40(34-18-7-8-19-35(34)43-39)46-38-20-9-10-25-47(38)41/h1-27H. The molecule has 0 aliphatic heterocycles. The fraction of sp³-hybridized carbons (Fsp3) is 0. The molecule has 47 heavy (non-hydrogen) atoms. The Hall–Kier alpha value is -6.46. The first-order valence-electron chi connectivity index (χ1n) is 15.7. The second-order valence-electron chi connectivity index (χ2n) is 11.6. The number of hydrogen-bond acceptors (Lipinski definition) is 4. The van der Waals surface area contributed by atoms with Crippen molar-refractivity contribution < 1.29 is 0 Å². The molecule has 0 spiro atoms. The summed E-state index contributed by atoms with van der Waals surface area (Å²) in [5, 5.41) is 1.05. The Balaban J connectivity index is 1.13. The van der Waals surface area contributed by atoms with Gasteiger partial charge in [-0.25, -0.2) is 19.9 Å². The predicted molar refractivity (Wildman–Crippen MR) is 191 cm³/mol. The lowest BCUT2D eigenvalue weighted by atomic mass is 9.99. The SMILES string of the molecule is c1ccc(-c2cc(-c3ccccc3)nc(-c3ccc(-c4cccc(-c5nc6ccccc6c6nc7ccccn7c56)c4)cc3)n2)cc1. The number of imidazole rings is 1. The number of rotatable bonds is 5. The molecule has 0 bridgehead atoms. The van der Waals surface area contributed by atoms with Crippen molar-refractivity contribution in [3.05, 3.63) is 164 Å². The van der Waals surface area contributed by atoms with Crippen LogP contribution in [0, 0.1) is 0 Å². The van der Waals surface area contributed by atoms with Crippen LogP contribution < -0.4 is 0 Å². The number of fused-ring (bicyclic) bond motifs is 5. The Morgan fingerprint density at radius 3 is 1.77 bits per heavy atom. The number of para-hydroxylation sites is 1. The maximum absolute atomic E-state index is 5.17. The predicted octanol–water partition coefficient (Wildman–Crippen LogP) is 10.2. The van der Waals surface area contributed by atoms with Crippen molar-refractivity contribution in [3.8, 4) is 56.3 Å². The molecule has 0 amide bonds. The fourth-order valence-electron chi connectivity index (χ4n) is 6.30. The van der Waals surface area contributed by atoms with Crippen molar-refractivity contribution in [1.29, 1.82) is 0 Å². The minimum atomic E-state index is 0.695. The van der Waals surface area contributed by atoms with E-state index in [1.54, 1.807) is 0 Å². The fourth-order valence-corrected chi connectivity index (χ4v) is 6.30. The first kappa shape index (κ1) is 26.9. The van der Waals surface area contributed by atoms with Crippen LogP contribution in [0.3, 0.4) is 0 Å². The number of pyridine rings is 2. The van der Waals surface area contributed by atoms with E-state index in [4.69, 9.17) is 19.9 Å². The van der Waals surface area contributed by atoms with Gasteiger partial charge < -0.3 is 0 Å². The molecule has 5 nitrogen and oxygen atoms in total. The van der Waals surface area contributed by atoms with Gasteiger partial charge in [-0.3, -0.25) is 4.40 Å². The minimum Gasteiger partial charge on any atom is -0.298 e. The highest BCUT2D eigenvalue weighted by Gasteiger charge is 2.17. The van der Waals surface area contributed by atoms with Crippen LogP contribution in [0.5, 0.6) is 0 Å². The van der Waals surface area contributed by atoms with Crippen LogP contribution >= 0.6 is 0 Å². The Morgan fingerprint density at radius 1 is 0.404 bits per heavy atom. The largest absolute Gasteiger partial charge is 0.298 e. The van der Waals surface area contributed by atoms with Crippen molar-refractivity contribution in [1.82, 2.24) is 24.3 Å². The highest BCUT2D eigenvalue weighted by atomic mass is 15.0. The third-order valence-corrected chi connectivity index (χ3v) is 8.62. The number of aromatic nitrogens is 5. The molecular weight excluding hydrogens is 574 g/mol. The molecule has 9 rings (SSSR count). The lowest BCUT2D eigenvalue weighted by molar-refractivity contribution is 1.18. The summed E-state index contributed by atoms with van der Waals surface area (Å²) in [6.45, 7) is 0. The van der Waals surface area contributed by atoms with Crippen LogP contribution in [0.2, 0.25) is 0 Å². The lowest BCUT2D eigenvalue weighted by Gasteiger charge is -2.11. The zero-order chi connectivity index (χ0) is 31.2. The van der Waals surface area contributed by atoms with Gasteiger partial charge in [0.25, 0.3) is 0 Å². The molecule has 220 valence electrons. The van der Waals surface area contributed by atoms with E-state index < -0.39 is 0 Å². The van der Waals surface area contributed by atoms with E-state index in [0.29, 0.717) is 5.82 Å². The maximum Gasteiger partial charge on any atom is 0.160 e. The molecule has 0 saturated carbocycles. The van der Waals surface area contributed by atoms with Gasteiger partial charge in [-0.2, -0.15) is 0 Å². The van der Waals surface area contributed by atoms with Gasteiger partial charge in [0.05, 0.1) is 28.1 Å². The van der Waals surface area contributed by atoms with E-state index in [0.717, 1.165) is 78.0 Å². The van der Waals surface area contributed by atoms with Crippen molar-refractivity contribution in [2.24, 2.45) is 0 Å². The summed E-state index contributed by atoms with van der Waals surface area (Å²) in [5.41, 5.74) is 12.8. The second-order valence-corrected chi connectivity index (χ2v) is 11.6. The molecule has 0 atom stereocenters. The van der Waals surface area contributed by atoms with E-state index in [-0.39, 0.29) is 0 Å². The van der Waals surface area contributed by atoms with Gasteiger partial charge in [-0.05, 0) is 41.5 Å². The van der Waals surface area contributed by atoms with E-state index in [9.17, 15) is 0 Å². The van der Waals surface area contributed by atoms with E-state index in [2.05, 4.69) is 102 Å². The lowest BCUT2D eigenvalue weighted by Crippen LogP contribution is -1.96. The number of nitrogens with zero attached hydrogens (tertiary/aromatic N) is 5. The van der Waals surface area contributed by atoms with Crippen LogP contribution in [0.25, 0.3) is 83.9 Å². The third-order valence-electron chi connectivity index (χ3n) is 8.62. The first-order valence-corrected chi connectivity index (χ1v) is 15.7. The topological polar surface area (TPSA) is 56.0 Å². The Bertz CT molecular complexity index is 2500. The second kappa shape index (κ2) is 11.2. The molecule has 0 radical (unpaired) electrons. The van der Waals surface area contributed by atoms with Crippen LogP contribution in [0.1, 0.15) is 0 Å². The molecule has 5 aromatic carbocycles. The summed E-state index contributed by atoms with van der Waals surface area (Å²) in [6, 6.07) is 54.0. The Kier molecular flexibility index (Phi) is 6.39. The maximum atomic E-state index is 5.17. The first-order chi connectivity index (χ1) is 23.3. The van der Waals surface area contributed by atoms with E-state index >= 15 is 0 Å². The summed E-state index contributed by atoms with van der Waals surface area (Å²) in [6.07, 6.45) is 2.06. The van der Waals surface area contributed by atoms with Crippen molar-refractivity contribution in [2.45, 2.75) is 0 Å². The average Bonchev–Trinajstić information content (AvgIpc) is 3.55. The van der Waals surface area contributed by atoms with Gasteiger partial charge in [0, 0.05) is 33.8 Å². The molecule has 0 unspecified atom stereocenters. The molecule has 0 fully saturated rings. The van der Waals surface area contributed by atoms with Gasteiger partial charge in [0.15, 0.2) is 5.82 Å². The summed E-state index contributed by atoms with van der Waals surface area (Å²) in [7, 11) is 0. The molecule has 4 heterocycles. The average molecular weight is 602 g/mol. The van der Waals surface area contributed by atoms with Gasteiger partial charge in [0.2, 0.25) is 0 Å². The van der Waals surface area contributed by atoms with Gasteiger partial charge >= 0.3 is 0 Å². The normalized spacial score (nSPS) is 11.4. The van der Waals surface area contributed by atoms with Crippen LogP contribution in [0.4, 0.5) is 0 Å². The quantitative estimate of drug-likeness (QED) is 0.197. The zero-order valence-corrected chi connectivity index (χ0v) is 25.3. The zero-order valence-electron chi connectivity index (χ0n) is 25.3. The van der Waals surface area contributed by atoms with Gasteiger partial charge in [-0.15, -0.1) is 0 Å². The molecule has 0 aliphatic rings. The van der Waals surface area contributed by atoms with Crippen molar-refractivity contribution >= 4 is 27.6 Å². The summed E-state index contributed by atoms with van der Waals surface area (Å²) >= 11 is 0. The smallest absolute Gasteiger partial charge is 0.160 e. The highest BCUT2D eigenvalue weighted by molar-refractivity contribution is 6.09. The van der Waals surface area contributed by atoms with Crippen molar-refractivity contribution in [3.63, 3.8) is 0 Å². The van der Waals surface area contributed by atoms with Gasteiger partial charge in [-0.1, -0.05) is 127 Å². The number of hydrogen-bond donors (Lipinski definition) is 0. The molecule has 9 aromatic rings. The highest BCUT2D eigenvalue weighted by Crippen LogP contribution is 2.35. The van der Waals surface area contributed by atoms with Crippen molar-refractivity contribution in [2.75, 3.05) is 0 Å². The molecule has 5 heteroatoms. The monoisotopic (exact) mass is 601 g/mol. The van der Waals surface area contributed by atoms with Gasteiger partial charge in [0.1, 0.15) is 11.2 Å². The Morgan fingerprint density at radius 2 is 1.02 bits per heavy atom. The molecule has 0 N–H and O–H groups in total. The summed E-state index contributed by atoms with van der Waals surface area (Å²) in [5.74, 6) is 0.695. The third kappa shape index (κ3) is 4.82. The molecule has 0 saturated heterocycles.